The van der Waals surface area contributed by atoms with Gasteiger partial charge >= 0.3 is 0 Å². The summed E-state index contributed by atoms with van der Waals surface area (Å²) in [4.78, 5) is 28.7. The van der Waals surface area contributed by atoms with Gasteiger partial charge < -0.3 is 9.88 Å². The summed E-state index contributed by atoms with van der Waals surface area (Å²) in [5.41, 5.74) is 5.08. The van der Waals surface area contributed by atoms with E-state index in [1.165, 1.54) is 24.2 Å². The first kappa shape index (κ1) is 22.7. The van der Waals surface area contributed by atoms with Crippen molar-refractivity contribution in [1.82, 2.24) is 19.7 Å². The Bertz CT molecular complexity index is 1510. The van der Waals surface area contributed by atoms with Gasteiger partial charge in [0.05, 0.1) is 11.3 Å². The Morgan fingerprint density at radius 1 is 0.914 bits per heavy atom. The molecule has 0 spiro atoms. The SMILES string of the molecule is CC(=O)Nc1ccc(C(=O)CSc2nnc3c4ccccc4n(CCc4ccccc4)c3n2)cc1. The van der Waals surface area contributed by atoms with Crippen LogP contribution in [-0.2, 0) is 17.8 Å². The van der Waals surface area contributed by atoms with E-state index in [-0.39, 0.29) is 17.4 Å². The van der Waals surface area contributed by atoms with Crippen LogP contribution in [-0.4, -0.2) is 37.2 Å². The Balaban J connectivity index is 1.37. The molecule has 0 unspecified atom stereocenters. The second-order valence-corrected chi connectivity index (χ2v) is 9.08. The first-order valence-electron chi connectivity index (χ1n) is 11.3. The van der Waals surface area contributed by atoms with Gasteiger partial charge in [0.2, 0.25) is 11.1 Å². The molecule has 35 heavy (non-hydrogen) atoms. The number of hydrogen-bond donors (Lipinski definition) is 1. The number of benzene rings is 3. The zero-order valence-electron chi connectivity index (χ0n) is 19.1. The molecule has 1 amide bonds. The van der Waals surface area contributed by atoms with Crippen LogP contribution in [0.3, 0.4) is 0 Å². The molecule has 0 fully saturated rings. The Hall–Kier alpha value is -4.04. The van der Waals surface area contributed by atoms with Crippen LogP contribution in [0.4, 0.5) is 5.69 Å². The lowest BCUT2D eigenvalue weighted by Crippen LogP contribution is -2.07. The third kappa shape index (κ3) is 5.07. The number of nitrogens with zero attached hydrogens (tertiary/aromatic N) is 4. The van der Waals surface area contributed by atoms with Crippen LogP contribution in [0.5, 0.6) is 0 Å². The molecule has 0 saturated heterocycles. The molecule has 8 heteroatoms. The molecule has 2 aromatic heterocycles. The Labute approximate surface area is 206 Å². The van der Waals surface area contributed by atoms with Crippen molar-refractivity contribution in [3.8, 4) is 0 Å². The summed E-state index contributed by atoms with van der Waals surface area (Å²) in [7, 11) is 0. The number of para-hydroxylation sites is 1. The predicted molar refractivity (Wildman–Crippen MR) is 139 cm³/mol. The maximum absolute atomic E-state index is 12.7. The van der Waals surface area contributed by atoms with Crippen molar-refractivity contribution in [2.45, 2.75) is 25.0 Å². The highest BCUT2D eigenvalue weighted by Crippen LogP contribution is 2.27. The van der Waals surface area contributed by atoms with Gasteiger partial charge in [0.25, 0.3) is 0 Å². The number of fused-ring (bicyclic) bond motifs is 3. The number of aryl methyl sites for hydroxylation is 2. The van der Waals surface area contributed by atoms with Gasteiger partial charge in [-0.3, -0.25) is 9.59 Å². The van der Waals surface area contributed by atoms with Crippen molar-refractivity contribution in [1.29, 1.82) is 0 Å². The second-order valence-electron chi connectivity index (χ2n) is 8.14. The van der Waals surface area contributed by atoms with Crippen LogP contribution >= 0.6 is 11.8 Å². The molecule has 174 valence electrons. The number of nitrogens with one attached hydrogen (secondary N) is 1. The first-order chi connectivity index (χ1) is 17.1. The molecule has 3 aromatic carbocycles. The topological polar surface area (TPSA) is 89.8 Å². The average Bonchev–Trinajstić information content (AvgIpc) is 3.19. The first-order valence-corrected chi connectivity index (χ1v) is 12.3. The van der Waals surface area contributed by atoms with E-state index in [9.17, 15) is 9.59 Å². The van der Waals surface area contributed by atoms with Crippen LogP contribution < -0.4 is 5.32 Å². The molecule has 0 saturated carbocycles. The molecule has 0 aliphatic carbocycles. The third-order valence-corrected chi connectivity index (χ3v) is 6.52. The average molecular weight is 482 g/mol. The van der Waals surface area contributed by atoms with Gasteiger partial charge in [0, 0.05) is 30.1 Å². The smallest absolute Gasteiger partial charge is 0.221 e. The van der Waals surface area contributed by atoms with Gasteiger partial charge in [-0.2, -0.15) is 0 Å². The number of ketones is 1. The zero-order chi connectivity index (χ0) is 24.2. The van der Waals surface area contributed by atoms with Crippen molar-refractivity contribution < 1.29 is 9.59 Å². The maximum atomic E-state index is 12.7. The normalized spacial score (nSPS) is 11.1. The number of hydrogen-bond acceptors (Lipinski definition) is 6. The summed E-state index contributed by atoms with van der Waals surface area (Å²) < 4.78 is 2.18. The molecule has 0 radical (unpaired) electrons. The minimum atomic E-state index is -0.152. The lowest BCUT2D eigenvalue weighted by Gasteiger charge is -2.07. The number of anilines is 1. The minimum Gasteiger partial charge on any atom is -0.326 e. The van der Waals surface area contributed by atoms with E-state index in [1.807, 2.05) is 36.4 Å². The van der Waals surface area contributed by atoms with Crippen molar-refractivity contribution in [2.24, 2.45) is 0 Å². The number of carbonyl (C=O) groups excluding carboxylic acids is 2. The fourth-order valence-electron chi connectivity index (χ4n) is 4.02. The Morgan fingerprint density at radius 2 is 1.66 bits per heavy atom. The molecule has 7 nitrogen and oxygen atoms in total. The van der Waals surface area contributed by atoms with E-state index >= 15 is 0 Å². The van der Waals surface area contributed by atoms with Gasteiger partial charge in [0.1, 0.15) is 5.52 Å². The van der Waals surface area contributed by atoms with E-state index in [1.54, 1.807) is 24.3 Å². The molecule has 1 N–H and O–H groups in total. The molecule has 2 heterocycles. The van der Waals surface area contributed by atoms with Gasteiger partial charge in [-0.15, -0.1) is 10.2 Å². The van der Waals surface area contributed by atoms with Crippen molar-refractivity contribution in [2.75, 3.05) is 11.1 Å². The van der Waals surface area contributed by atoms with Crippen molar-refractivity contribution >= 4 is 51.2 Å². The Kier molecular flexibility index (Phi) is 6.54. The molecule has 5 aromatic rings. The third-order valence-electron chi connectivity index (χ3n) is 5.68. The highest BCUT2D eigenvalue weighted by Gasteiger charge is 2.16. The van der Waals surface area contributed by atoms with E-state index < -0.39 is 0 Å². The van der Waals surface area contributed by atoms with Crippen molar-refractivity contribution in [3.05, 3.63) is 90.0 Å². The van der Waals surface area contributed by atoms with Crippen LogP contribution in [0, 0.1) is 0 Å². The molecule has 5 rings (SSSR count). The van der Waals surface area contributed by atoms with Crippen LogP contribution in [0.2, 0.25) is 0 Å². The highest BCUT2D eigenvalue weighted by molar-refractivity contribution is 7.99. The molecule has 0 bridgehead atoms. The maximum Gasteiger partial charge on any atom is 0.221 e. The zero-order valence-corrected chi connectivity index (χ0v) is 20.0. The van der Waals surface area contributed by atoms with Crippen LogP contribution in [0.15, 0.2) is 84.0 Å². The number of aromatic nitrogens is 4. The largest absolute Gasteiger partial charge is 0.326 e. The Morgan fingerprint density at radius 3 is 2.43 bits per heavy atom. The fourth-order valence-corrected chi connectivity index (χ4v) is 4.69. The number of thioether (sulfide) groups is 1. The minimum absolute atomic E-state index is 0.0438. The van der Waals surface area contributed by atoms with Gasteiger partial charge in [-0.05, 0) is 42.3 Å². The summed E-state index contributed by atoms with van der Waals surface area (Å²) in [5, 5.41) is 12.9. The van der Waals surface area contributed by atoms with E-state index in [4.69, 9.17) is 4.98 Å². The number of Topliss-reactive ketones (excluding diaryl/α,β-unsaturated/α-hetero) is 1. The molecule has 0 atom stereocenters. The fraction of sp³-hybridized carbons (Fsp3) is 0.148. The van der Waals surface area contributed by atoms with Gasteiger partial charge in [-0.1, -0.05) is 60.3 Å². The summed E-state index contributed by atoms with van der Waals surface area (Å²) in [6.45, 7) is 2.21. The lowest BCUT2D eigenvalue weighted by atomic mass is 10.1. The number of amides is 1. The second kappa shape index (κ2) is 10.1. The molecular formula is C27H23N5O2S. The molecule has 0 aliphatic heterocycles. The number of carbonyl (C=O) groups is 2. The highest BCUT2D eigenvalue weighted by atomic mass is 32.2. The van der Waals surface area contributed by atoms with Crippen molar-refractivity contribution in [3.63, 3.8) is 0 Å². The summed E-state index contributed by atoms with van der Waals surface area (Å²) >= 11 is 1.27. The standard InChI is InChI=1S/C27H23N5O2S/c1-18(33)28-21-13-11-20(12-14-21)24(34)17-35-27-29-26-25(30-31-27)22-9-5-6-10-23(22)32(26)16-15-19-7-3-2-4-8-19/h2-14H,15-17H2,1H3,(H,28,33). The summed E-state index contributed by atoms with van der Waals surface area (Å²) in [6.07, 6.45) is 0.869. The monoisotopic (exact) mass is 481 g/mol. The van der Waals surface area contributed by atoms with E-state index in [0.29, 0.717) is 16.4 Å². The quantitative estimate of drug-likeness (QED) is 0.243. The summed E-state index contributed by atoms with van der Waals surface area (Å²) in [6, 6.07) is 25.3. The predicted octanol–water partition coefficient (Wildman–Crippen LogP) is 5.16. The van der Waals surface area contributed by atoms with E-state index in [0.717, 1.165) is 35.0 Å². The van der Waals surface area contributed by atoms with Gasteiger partial charge in [-0.25, -0.2) is 4.98 Å². The number of rotatable bonds is 8. The van der Waals surface area contributed by atoms with Crippen LogP contribution in [0.25, 0.3) is 22.1 Å². The van der Waals surface area contributed by atoms with E-state index in [2.05, 4.69) is 38.3 Å². The summed E-state index contributed by atoms with van der Waals surface area (Å²) in [5.74, 6) is -0.00441. The molecule has 0 aliphatic rings. The lowest BCUT2D eigenvalue weighted by molar-refractivity contribution is -0.114. The van der Waals surface area contributed by atoms with Crippen LogP contribution in [0.1, 0.15) is 22.8 Å². The molecular weight excluding hydrogens is 458 g/mol. The van der Waals surface area contributed by atoms with Gasteiger partial charge in [0.15, 0.2) is 11.4 Å².